The Labute approximate surface area is 149 Å². The van der Waals surface area contributed by atoms with Crippen LogP contribution in [0.5, 0.6) is 0 Å². The first-order chi connectivity index (χ1) is 12.3. The smallest absolute Gasteiger partial charge is 0.224 e. The van der Waals surface area contributed by atoms with Crippen LogP contribution in [0.3, 0.4) is 0 Å². The predicted octanol–water partition coefficient (Wildman–Crippen LogP) is 3.54. The van der Waals surface area contributed by atoms with E-state index >= 15 is 0 Å². The number of aromatic nitrogens is 1. The molecule has 1 aliphatic heterocycles. The van der Waals surface area contributed by atoms with Gasteiger partial charge in [0, 0.05) is 38.3 Å². The number of nitrogens with zero attached hydrogens (tertiary/aromatic N) is 3. The summed E-state index contributed by atoms with van der Waals surface area (Å²) in [7, 11) is 0. The molecule has 1 aromatic heterocycles. The number of carbonyl (C=O) groups excluding carboxylic acids is 1. The number of nitrogens with one attached hydrogen (secondary N) is 1. The highest BCUT2D eigenvalue weighted by Gasteiger charge is 2.18. The number of hydrogen-bond donors (Lipinski definition) is 1. The van der Waals surface area contributed by atoms with E-state index in [0.29, 0.717) is 6.42 Å². The second-order valence-corrected chi connectivity index (χ2v) is 6.37. The molecule has 1 aliphatic rings. The molecular formula is C20H26N4O. The Morgan fingerprint density at radius 1 is 1.04 bits per heavy atom. The maximum atomic E-state index is 11.8. The summed E-state index contributed by atoms with van der Waals surface area (Å²) in [6.45, 7) is 5.96. The molecule has 1 amide bonds. The van der Waals surface area contributed by atoms with Crippen molar-refractivity contribution < 1.29 is 4.79 Å². The minimum absolute atomic E-state index is 0.0628. The van der Waals surface area contributed by atoms with Crippen LogP contribution in [-0.2, 0) is 4.79 Å². The monoisotopic (exact) mass is 338 g/mol. The van der Waals surface area contributed by atoms with Crippen molar-refractivity contribution in [2.45, 2.75) is 26.2 Å². The maximum absolute atomic E-state index is 11.8. The number of carbonyl (C=O) groups is 1. The summed E-state index contributed by atoms with van der Waals surface area (Å²) in [5.74, 6) is 1.03. The first kappa shape index (κ1) is 17.3. The highest BCUT2D eigenvalue weighted by Crippen LogP contribution is 2.20. The molecule has 3 rings (SSSR count). The minimum Gasteiger partial charge on any atom is -0.368 e. The van der Waals surface area contributed by atoms with E-state index < -0.39 is 0 Å². The molecule has 5 nitrogen and oxygen atoms in total. The van der Waals surface area contributed by atoms with Crippen molar-refractivity contribution in [3.63, 3.8) is 0 Å². The minimum atomic E-state index is 0.0628. The number of rotatable bonds is 6. The summed E-state index contributed by atoms with van der Waals surface area (Å²) in [6, 6.07) is 14.5. The molecule has 5 heteroatoms. The molecule has 132 valence electrons. The van der Waals surface area contributed by atoms with E-state index in [1.807, 2.05) is 18.2 Å². The second kappa shape index (κ2) is 8.51. The highest BCUT2D eigenvalue weighted by molar-refractivity contribution is 5.90. The number of piperazine rings is 1. The van der Waals surface area contributed by atoms with Gasteiger partial charge in [0.15, 0.2) is 0 Å². The number of para-hydroxylation sites is 1. The van der Waals surface area contributed by atoms with Gasteiger partial charge < -0.3 is 15.1 Å². The van der Waals surface area contributed by atoms with Gasteiger partial charge in [0.1, 0.15) is 5.82 Å². The van der Waals surface area contributed by atoms with Gasteiger partial charge >= 0.3 is 0 Å². The molecule has 0 radical (unpaired) electrons. The first-order valence-corrected chi connectivity index (χ1v) is 9.07. The topological polar surface area (TPSA) is 48.5 Å². The van der Waals surface area contributed by atoms with E-state index in [2.05, 4.69) is 51.3 Å². The Morgan fingerprint density at radius 3 is 2.40 bits per heavy atom. The van der Waals surface area contributed by atoms with Gasteiger partial charge in [-0.15, -0.1) is 0 Å². The summed E-state index contributed by atoms with van der Waals surface area (Å²) < 4.78 is 0. The molecule has 0 atom stereocenters. The van der Waals surface area contributed by atoms with Crippen molar-refractivity contribution in [3.8, 4) is 0 Å². The summed E-state index contributed by atoms with van der Waals surface area (Å²) in [5.41, 5.74) is 2.05. The van der Waals surface area contributed by atoms with Crippen LogP contribution in [0.25, 0.3) is 0 Å². The zero-order valence-corrected chi connectivity index (χ0v) is 14.8. The van der Waals surface area contributed by atoms with Crippen molar-refractivity contribution >= 4 is 23.1 Å². The first-order valence-electron chi connectivity index (χ1n) is 9.07. The van der Waals surface area contributed by atoms with Gasteiger partial charge in [0.05, 0.1) is 11.9 Å². The van der Waals surface area contributed by atoms with Crippen LogP contribution in [0.1, 0.15) is 26.2 Å². The zero-order valence-electron chi connectivity index (χ0n) is 14.8. The van der Waals surface area contributed by atoms with Crippen LogP contribution in [-0.4, -0.2) is 37.1 Å². The van der Waals surface area contributed by atoms with Crippen molar-refractivity contribution in [3.05, 3.63) is 48.7 Å². The summed E-state index contributed by atoms with van der Waals surface area (Å²) in [6.07, 6.45) is 4.27. The standard InChI is InChI=1S/C20H26N4O/c1-2-3-9-20(25)22-17-10-11-19(21-16-17)24-14-12-23(13-15-24)18-7-5-4-6-8-18/h4-8,10-11,16H,2-3,9,12-15H2,1H3,(H,22,25). The lowest BCUT2D eigenvalue weighted by Gasteiger charge is -2.36. The van der Waals surface area contributed by atoms with E-state index in [-0.39, 0.29) is 5.91 Å². The quantitative estimate of drug-likeness (QED) is 0.875. The van der Waals surface area contributed by atoms with Crippen LogP contribution in [0.15, 0.2) is 48.7 Å². The lowest BCUT2D eigenvalue weighted by molar-refractivity contribution is -0.116. The molecular weight excluding hydrogens is 312 g/mol. The van der Waals surface area contributed by atoms with Gasteiger partial charge in [-0.1, -0.05) is 31.5 Å². The molecule has 0 saturated carbocycles. The number of pyridine rings is 1. The predicted molar refractivity (Wildman–Crippen MR) is 103 cm³/mol. The molecule has 1 N–H and O–H groups in total. The number of amides is 1. The lowest BCUT2D eigenvalue weighted by Crippen LogP contribution is -2.46. The van der Waals surface area contributed by atoms with Crippen molar-refractivity contribution in [1.82, 2.24) is 4.98 Å². The van der Waals surface area contributed by atoms with Crippen LogP contribution in [0, 0.1) is 0 Å². The molecule has 1 fully saturated rings. The van der Waals surface area contributed by atoms with E-state index in [9.17, 15) is 4.79 Å². The van der Waals surface area contributed by atoms with Crippen molar-refractivity contribution in [2.75, 3.05) is 41.3 Å². The summed E-state index contributed by atoms with van der Waals surface area (Å²) in [4.78, 5) is 21.0. The Balaban J connectivity index is 1.52. The van der Waals surface area contributed by atoms with E-state index in [0.717, 1.165) is 50.5 Å². The van der Waals surface area contributed by atoms with Gasteiger partial charge in [0.25, 0.3) is 0 Å². The molecule has 0 bridgehead atoms. The van der Waals surface area contributed by atoms with Crippen LogP contribution < -0.4 is 15.1 Å². The van der Waals surface area contributed by atoms with E-state index in [1.165, 1.54) is 5.69 Å². The van der Waals surface area contributed by atoms with Crippen LogP contribution in [0.2, 0.25) is 0 Å². The fourth-order valence-electron chi connectivity index (χ4n) is 3.04. The van der Waals surface area contributed by atoms with Crippen LogP contribution >= 0.6 is 0 Å². The Bertz CT molecular complexity index is 664. The fraction of sp³-hybridized carbons (Fsp3) is 0.400. The third kappa shape index (κ3) is 4.72. The highest BCUT2D eigenvalue weighted by atomic mass is 16.1. The van der Waals surface area contributed by atoms with E-state index in [1.54, 1.807) is 6.20 Å². The van der Waals surface area contributed by atoms with E-state index in [4.69, 9.17) is 0 Å². The third-order valence-electron chi connectivity index (χ3n) is 4.51. The molecule has 2 aromatic rings. The molecule has 0 unspecified atom stereocenters. The molecule has 25 heavy (non-hydrogen) atoms. The summed E-state index contributed by atoms with van der Waals surface area (Å²) >= 11 is 0. The summed E-state index contributed by atoms with van der Waals surface area (Å²) in [5, 5.41) is 2.91. The van der Waals surface area contributed by atoms with Crippen molar-refractivity contribution in [1.29, 1.82) is 0 Å². The Morgan fingerprint density at radius 2 is 1.76 bits per heavy atom. The lowest BCUT2D eigenvalue weighted by atomic mass is 10.2. The van der Waals surface area contributed by atoms with Gasteiger partial charge in [-0.3, -0.25) is 4.79 Å². The second-order valence-electron chi connectivity index (χ2n) is 6.37. The normalized spacial score (nSPS) is 14.4. The van der Waals surface area contributed by atoms with Crippen molar-refractivity contribution in [2.24, 2.45) is 0 Å². The average molecular weight is 338 g/mol. The maximum Gasteiger partial charge on any atom is 0.224 e. The fourth-order valence-corrected chi connectivity index (χ4v) is 3.04. The number of benzene rings is 1. The third-order valence-corrected chi connectivity index (χ3v) is 4.51. The SMILES string of the molecule is CCCCC(=O)Nc1ccc(N2CCN(c3ccccc3)CC2)nc1. The molecule has 0 aliphatic carbocycles. The largest absolute Gasteiger partial charge is 0.368 e. The molecule has 0 spiro atoms. The molecule has 1 aromatic carbocycles. The molecule has 1 saturated heterocycles. The number of unbranched alkanes of at least 4 members (excludes halogenated alkanes) is 1. The molecule has 2 heterocycles. The Kier molecular flexibility index (Phi) is 5.88. The number of anilines is 3. The Hall–Kier alpha value is -2.56. The number of hydrogen-bond acceptors (Lipinski definition) is 4. The van der Waals surface area contributed by atoms with Crippen LogP contribution in [0.4, 0.5) is 17.2 Å². The van der Waals surface area contributed by atoms with Gasteiger partial charge in [-0.25, -0.2) is 4.98 Å². The van der Waals surface area contributed by atoms with Gasteiger partial charge in [-0.05, 0) is 30.7 Å². The zero-order chi connectivity index (χ0) is 17.5. The van der Waals surface area contributed by atoms with Gasteiger partial charge in [-0.2, -0.15) is 0 Å². The van der Waals surface area contributed by atoms with Gasteiger partial charge in [0.2, 0.25) is 5.91 Å². The average Bonchev–Trinajstić information content (AvgIpc) is 2.68.